The fourth-order valence-corrected chi connectivity index (χ4v) is 4.38. The Morgan fingerprint density at radius 1 is 1.12 bits per heavy atom. The molecule has 9 heteroatoms. The molecule has 2 N–H and O–H groups in total. The molecule has 1 aliphatic rings. The molecule has 0 amide bonds. The predicted octanol–water partition coefficient (Wildman–Crippen LogP) is 6.06. The first-order chi connectivity index (χ1) is 15.5. The molecule has 4 aromatic rings. The topological polar surface area (TPSA) is 66.1 Å². The summed E-state index contributed by atoms with van der Waals surface area (Å²) in [5.74, 6) is 1.63. The SMILES string of the molecule is FN(F)Oc1ccc2nc(C3(c4ccc(NCc5cccc(Cl)c5)nc4)CCC3)[nH]c2c1. The predicted molar refractivity (Wildman–Crippen MR) is 118 cm³/mol. The second kappa shape index (κ2) is 8.37. The lowest BCUT2D eigenvalue weighted by Gasteiger charge is -2.40. The van der Waals surface area contributed by atoms with Gasteiger partial charge in [-0.05, 0) is 54.3 Å². The molecular formula is C23H20ClF2N5O. The van der Waals surface area contributed by atoms with E-state index in [1.807, 2.05) is 36.5 Å². The number of pyridine rings is 1. The highest BCUT2D eigenvalue weighted by Gasteiger charge is 2.43. The van der Waals surface area contributed by atoms with Crippen LogP contribution < -0.4 is 10.2 Å². The van der Waals surface area contributed by atoms with E-state index >= 15 is 0 Å². The van der Waals surface area contributed by atoms with Crippen LogP contribution in [0.2, 0.25) is 5.02 Å². The van der Waals surface area contributed by atoms with E-state index in [0.29, 0.717) is 22.6 Å². The second-order valence-electron chi connectivity index (χ2n) is 7.91. The van der Waals surface area contributed by atoms with Gasteiger partial charge < -0.3 is 15.1 Å². The number of nitrogens with one attached hydrogen (secondary N) is 2. The molecule has 0 aliphatic heterocycles. The van der Waals surface area contributed by atoms with Crippen molar-refractivity contribution in [3.63, 3.8) is 0 Å². The minimum absolute atomic E-state index is 0.0390. The summed E-state index contributed by atoms with van der Waals surface area (Å²) in [4.78, 5) is 17.0. The maximum Gasteiger partial charge on any atom is 0.210 e. The number of hydrogen-bond acceptors (Lipinski definition) is 5. The van der Waals surface area contributed by atoms with Crippen LogP contribution in [-0.2, 0) is 12.0 Å². The smallest absolute Gasteiger partial charge is 0.210 e. The molecule has 2 aromatic carbocycles. The third-order valence-electron chi connectivity index (χ3n) is 5.97. The normalized spacial score (nSPS) is 15.0. The van der Waals surface area contributed by atoms with E-state index in [1.54, 1.807) is 6.07 Å². The van der Waals surface area contributed by atoms with Crippen LogP contribution in [0.5, 0.6) is 5.75 Å². The number of nitrogens with zero attached hydrogens (tertiary/aromatic N) is 3. The first-order valence-corrected chi connectivity index (χ1v) is 10.6. The summed E-state index contributed by atoms with van der Waals surface area (Å²) in [5, 5.41) is 4.02. The van der Waals surface area contributed by atoms with Gasteiger partial charge in [0, 0.05) is 23.8 Å². The summed E-state index contributed by atoms with van der Waals surface area (Å²) in [7, 11) is 0. The molecule has 2 heterocycles. The number of aromatic amines is 1. The Bertz CT molecular complexity index is 1240. The zero-order valence-corrected chi connectivity index (χ0v) is 17.7. The van der Waals surface area contributed by atoms with Crippen molar-refractivity contribution in [1.82, 2.24) is 20.5 Å². The van der Waals surface area contributed by atoms with Crippen molar-refractivity contribution < 1.29 is 13.8 Å². The highest BCUT2D eigenvalue weighted by molar-refractivity contribution is 6.30. The molecule has 0 atom stereocenters. The van der Waals surface area contributed by atoms with Crippen LogP contribution in [-0.4, -0.2) is 20.5 Å². The number of H-pyrrole nitrogens is 1. The first kappa shape index (κ1) is 20.7. The minimum Gasteiger partial charge on any atom is -0.366 e. The van der Waals surface area contributed by atoms with Crippen LogP contribution >= 0.6 is 11.6 Å². The number of hydrogen-bond donors (Lipinski definition) is 2. The van der Waals surface area contributed by atoms with E-state index in [-0.39, 0.29) is 11.2 Å². The van der Waals surface area contributed by atoms with Gasteiger partial charge in [0.25, 0.3) is 0 Å². The van der Waals surface area contributed by atoms with Crippen LogP contribution in [0.4, 0.5) is 14.8 Å². The number of imidazole rings is 1. The summed E-state index contributed by atoms with van der Waals surface area (Å²) >= 11 is 6.04. The zero-order valence-electron chi connectivity index (χ0n) is 17.0. The van der Waals surface area contributed by atoms with Crippen LogP contribution in [0.3, 0.4) is 0 Å². The van der Waals surface area contributed by atoms with Gasteiger partial charge in [0.2, 0.25) is 5.51 Å². The highest BCUT2D eigenvalue weighted by Crippen LogP contribution is 2.48. The van der Waals surface area contributed by atoms with Crippen molar-refractivity contribution in [3.05, 3.63) is 82.8 Å². The largest absolute Gasteiger partial charge is 0.366 e. The molecule has 0 bridgehead atoms. The summed E-state index contributed by atoms with van der Waals surface area (Å²) in [5.41, 5.74) is 1.93. The first-order valence-electron chi connectivity index (χ1n) is 10.3. The molecule has 2 aromatic heterocycles. The quantitative estimate of drug-likeness (QED) is 0.262. The molecule has 164 valence electrons. The van der Waals surface area contributed by atoms with Crippen molar-refractivity contribution >= 4 is 28.5 Å². The van der Waals surface area contributed by atoms with E-state index in [4.69, 9.17) is 16.6 Å². The number of fused-ring (bicyclic) bond motifs is 1. The third kappa shape index (κ3) is 3.99. The highest BCUT2D eigenvalue weighted by atomic mass is 35.5. The van der Waals surface area contributed by atoms with Crippen molar-refractivity contribution in [2.75, 3.05) is 5.32 Å². The number of aromatic nitrogens is 3. The molecule has 0 spiro atoms. The van der Waals surface area contributed by atoms with Gasteiger partial charge in [-0.1, -0.05) is 45.2 Å². The monoisotopic (exact) mass is 455 g/mol. The van der Waals surface area contributed by atoms with E-state index in [2.05, 4.69) is 26.2 Å². The molecule has 0 unspecified atom stereocenters. The van der Waals surface area contributed by atoms with Gasteiger partial charge in [-0.25, -0.2) is 9.97 Å². The lowest BCUT2D eigenvalue weighted by Crippen LogP contribution is -2.36. The number of anilines is 1. The average Bonchev–Trinajstić information content (AvgIpc) is 3.15. The average molecular weight is 456 g/mol. The van der Waals surface area contributed by atoms with Crippen molar-refractivity contribution in [1.29, 1.82) is 0 Å². The maximum absolute atomic E-state index is 12.4. The summed E-state index contributed by atoms with van der Waals surface area (Å²) in [6, 6.07) is 16.4. The molecule has 0 saturated heterocycles. The Kier molecular flexibility index (Phi) is 5.40. The summed E-state index contributed by atoms with van der Waals surface area (Å²) in [6.07, 6.45) is 4.84. The van der Waals surface area contributed by atoms with Crippen molar-refractivity contribution in [2.45, 2.75) is 31.2 Å². The molecule has 1 aliphatic carbocycles. The molecule has 32 heavy (non-hydrogen) atoms. The number of rotatable bonds is 7. The van der Waals surface area contributed by atoms with Gasteiger partial charge in [-0.3, -0.25) is 0 Å². The van der Waals surface area contributed by atoms with Crippen molar-refractivity contribution in [3.8, 4) is 5.75 Å². The molecule has 1 saturated carbocycles. The van der Waals surface area contributed by atoms with E-state index in [9.17, 15) is 8.96 Å². The van der Waals surface area contributed by atoms with Gasteiger partial charge in [-0.2, -0.15) is 0 Å². The van der Waals surface area contributed by atoms with Gasteiger partial charge >= 0.3 is 0 Å². The minimum atomic E-state index is -1.32. The molecule has 0 radical (unpaired) electrons. The van der Waals surface area contributed by atoms with Crippen LogP contribution in [0.25, 0.3) is 11.0 Å². The Morgan fingerprint density at radius 2 is 2.00 bits per heavy atom. The molecule has 1 fully saturated rings. The van der Waals surface area contributed by atoms with Crippen LogP contribution in [0, 0.1) is 0 Å². The standard InChI is InChI=1S/C23H20ClF2N5O/c24-17-4-1-3-15(11-17)13-27-21-8-5-16(14-28-21)23(9-2-10-23)22-29-19-7-6-18(32-31(25)26)12-20(19)30-22/h1,3-8,11-12,14H,2,9-10,13H2,(H,27,28)(H,29,30). The van der Waals surface area contributed by atoms with Gasteiger partial charge in [0.15, 0.2) is 5.75 Å². The summed E-state index contributed by atoms with van der Waals surface area (Å²) < 4.78 is 24.7. The van der Waals surface area contributed by atoms with E-state index < -0.39 is 5.51 Å². The summed E-state index contributed by atoms with van der Waals surface area (Å²) in [6.45, 7) is 0.626. The fraction of sp³-hybridized carbons (Fsp3) is 0.217. The van der Waals surface area contributed by atoms with Gasteiger partial charge in [-0.15, -0.1) is 0 Å². The zero-order chi connectivity index (χ0) is 22.1. The van der Waals surface area contributed by atoms with Crippen LogP contribution in [0.15, 0.2) is 60.8 Å². The Labute approximate surface area is 188 Å². The molecular weight excluding hydrogens is 436 g/mol. The Balaban J connectivity index is 1.36. The molecule has 5 rings (SSSR count). The molecule has 6 nitrogen and oxygen atoms in total. The fourth-order valence-electron chi connectivity index (χ4n) is 4.17. The maximum atomic E-state index is 12.4. The van der Waals surface area contributed by atoms with Crippen LogP contribution in [0.1, 0.15) is 36.2 Å². The Hall–Kier alpha value is -3.23. The number of halogens is 3. The van der Waals surface area contributed by atoms with Crippen molar-refractivity contribution in [2.24, 2.45) is 0 Å². The van der Waals surface area contributed by atoms with Gasteiger partial charge in [0.05, 0.1) is 16.4 Å². The van der Waals surface area contributed by atoms with E-state index in [1.165, 1.54) is 12.1 Å². The lowest BCUT2D eigenvalue weighted by molar-refractivity contribution is -0.337. The van der Waals surface area contributed by atoms with Gasteiger partial charge in [0.1, 0.15) is 11.6 Å². The Morgan fingerprint density at radius 3 is 2.69 bits per heavy atom. The lowest BCUT2D eigenvalue weighted by atomic mass is 9.64. The second-order valence-corrected chi connectivity index (χ2v) is 8.35. The number of benzene rings is 2. The van der Waals surface area contributed by atoms with E-state index in [0.717, 1.165) is 42.0 Å². The third-order valence-corrected chi connectivity index (χ3v) is 6.20.